The van der Waals surface area contributed by atoms with E-state index in [4.69, 9.17) is 9.47 Å². The normalized spacial score (nSPS) is 25.0. The second kappa shape index (κ2) is 7.13. The Balaban J connectivity index is 1.28. The van der Waals surface area contributed by atoms with Crippen molar-refractivity contribution in [1.82, 2.24) is 19.8 Å². The number of carbonyl (C=O) groups excluding carboxylic acids is 1. The van der Waals surface area contributed by atoms with Crippen molar-refractivity contribution in [3.05, 3.63) is 24.0 Å². The molecular formula is C20H26N4O3. The third kappa shape index (κ3) is 3.53. The molecule has 0 spiro atoms. The maximum Gasteiger partial charge on any atom is 0.210 e. The van der Waals surface area contributed by atoms with Crippen LogP contribution in [0.1, 0.15) is 37.4 Å². The maximum absolute atomic E-state index is 11.3. The van der Waals surface area contributed by atoms with E-state index in [0.29, 0.717) is 19.8 Å². The van der Waals surface area contributed by atoms with Crippen LogP contribution in [0.3, 0.4) is 0 Å². The lowest BCUT2D eigenvalue weighted by Crippen LogP contribution is -2.39. The highest BCUT2D eigenvalue weighted by Crippen LogP contribution is 2.31. The van der Waals surface area contributed by atoms with Crippen molar-refractivity contribution in [1.29, 1.82) is 0 Å². The van der Waals surface area contributed by atoms with Crippen LogP contribution < -0.4 is 4.74 Å². The zero-order chi connectivity index (χ0) is 18.2. The van der Waals surface area contributed by atoms with Crippen LogP contribution in [0.15, 0.2) is 18.3 Å². The van der Waals surface area contributed by atoms with Crippen molar-refractivity contribution in [3.63, 3.8) is 0 Å². The quantitative estimate of drug-likeness (QED) is 0.816. The minimum Gasteiger partial charge on any atom is -0.489 e. The van der Waals surface area contributed by atoms with Crippen LogP contribution in [0.2, 0.25) is 0 Å². The molecule has 2 aliphatic heterocycles. The van der Waals surface area contributed by atoms with Gasteiger partial charge in [0, 0.05) is 36.8 Å². The maximum atomic E-state index is 11.3. The first kappa shape index (κ1) is 17.0. The molecule has 1 atom stereocenters. The molecule has 2 aromatic heterocycles. The molecule has 0 bridgehead atoms. The molecule has 0 aromatic carbocycles. The Kier molecular flexibility index (Phi) is 4.49. The number of hydrogen-bond acceptors (Lipinski definition) is 5. The van der Waals surface area contributed by atoms with Gasteiger partial charge in [0.25, 0.3) is 0 Å². The number of aromatic nitrogens is 2. The zero-order valence-electron chi connectivity index (χ0n) is 15.5. The van der Waals surface area contributed by atoms with Crippen molar-refractivity contribution in [2.45, 2.75) is 43.9 Å². The van der Waals surface area contributed by atoms with Crippen molar-refractivity contribution >= 4 is 17.4 Å². The second-order valence-electron chi connectivity index (χ2n) is 7.85. The van der Waals surface area contributed by atoms with Gasteiger partial charge < -0.3 is 24.3 Å². The number of amides is 1. The SMILES string of the molecule is O=CN1CCOCC1c1cc2cc(OC3CCN(C4CC4)CC3)cnc2[nH]1. The van der Waals surface area contributed by atoms with E-state index < -0.39 is 0 Å². The summed E-state index contributed by atoms with van der Waals surface area (Å²) < 4.78 is 11.8. The second-order valence-corrected chi connectivity index (χ2v) is 7.85. The number of fused-ring (bicyclic) bond motifs is 1. The van der Waals surface area contributed by atoms with Gasteiger partial charge in [0.2, 0.25) is 6.41 Å². The molecule has 4 heterocycles. The summed E-state index contributed by atoms with van der Waals surface area (Å²) in [6.07, 6.45) is 7.88. The molecule has 2 aromatic rings. The molecular weight excluding hydrogens is 344 g/mol. The van der Waals surface area contributed by atoms with Gasteiger partial charge >= 0.3 is 0 Å². The number of carbonyl (C=O) groups is 1. The molecule has 2 saturated heterocycles. The predicted octanol–water partition coefficient (Wildman–Crippen LogP) is 2.10. The van der Waals surface area contributed by atoms with Gasteiger partial charge in [-0.2, -0.15) is 0 Å². The number of piperidine rings is 1. The summed E-state index contributed by atoms with van der Waals surface area (Å²) in [5.41, 5.74) is 1.77. The summed E-state index contributed by atoms with van der Waals surface area (Å²) in [4.78, 5) is 23.6. The largest absolute Gasteiger partial charge is 0.489 e. The Morgan fingerprint density at radius 3 is 2.81 bits per heavy atom. The van der Waals surface area contributed by atoms with Crippen LogP contribution in [-0.4, -0.2) is 71.2 Å². The van der Waals surface area contributed by atoms with Crippen molar-refractivity contribution in [2.75, 3.05) is 32.8 Å². The smallest absolute Gasteiger partial charge is 0.210 e. The van der Waals surface area contributed by atoms with E-state index in [1.807, 2.05) is 6.07 Å². The lowest BCUT2D eigenvalue weighted by Gasteiger charge is -2.32. The molecule has 7 heteroatoms. The van der Waals surface area contributed by atoms with Crippen molar-refractivity contribution in [2.24, 2.45) is 0 Å². The van der Waals surface area contributed by atoms with E-state index in [9.17, 15) is 4.79 Å². The standard InChI is InChI=1S/C20H26N4O3/c25-13-24-7-8-26-12-19(24)18-10-14-9-17(11-21-20(14)22-18)27-16-3-5-23(6-4-16)15-1-2-15/h9-11,13,15-16,19H,1-8,12H2,(H,21,22). The molecule has 1 N–H and O–H groups in total. The lowest BCUT2D eigenvalue weighted by atomic mass is 10.1. The fourth-order valence-corrected chi connectivity index (χ4v) is 4.26. The number of aromatic amines is 1. The lowest BCUT2D eigenvalue weighted by molar-refractivity contribution is -0.126. The third-order valence-corrected chi connectivity index (χ3v) is 5.97. The monoisotopic (exact) mass is 370 g/mol. The fourth-order valence-electron chi connectivity index (χ4n) is 4.26. The number of likely N-dealkylation sites (tertiary alicyclic amines) is 1. The summed E-state index contributed by atoms with van der Waals surface area (Å²) in [6.45, 7) is 4.00. The first-order chi connectivity index (χ1) is 13.3. The van der Waals surface area contributed by atoms with Gasteiger partial charge in [-0.25, -0.2) is 4.98 Å². The summed E-state index contributed by atoms with van der Waals surface area (Å²) in [5.74, 6) is 0.824. The number of ether oxygens (including phenoxy) is 2. The number of pyridine rings is 1. The zero-order valence-corrected chi connectivity index (χ0v) is 15.5. The third-order valence-electron chi connectivity index (χ3n) is 5.97. The van der Waals surface area contributed by atoms with E-state index in [2.05, 4.69) is 20.9 Å². The first-order valence-corrected chi connectivity index (χ1v) is 9.98. The minimum atomic E-state index is -0.0819. The molecule has 3 aliphatic rings. The summed E-state index contributed by atoms with van der Waals surface area (Å²) in [5, 5.41) is 1.01. The number of nitrogens with one attached hydrogen (secondary N) is 1. The number of rotatable bonds is 5. The van der Waals surface area contributed by atoms with E-state index in [1.165, 1.54) is 12.8 Å². The van der Waals surface area contributed by atoms with E-state index in [0.717, 1.165) is 60.9 Å². The van der Waals surface area contributed by atoms with Crippen LogP contribution in [0.5, 0.6) is 5.75 Å². The Hall–Kier alpha value is -2.12. The Morgan fingerprint density at radius 1 is 1.19 bits per heavy atom. The number of hydrogen-bond donors (Lipinski definition) is 1. The summed E-state index contributed by atoms with van der Waals surface area (Å²) in [7, 11) is 0. The van der Waals surface area contributed by atoms with E-state index >= 15 is 0 Å². The van der Waals surface area contributed by atoms with Crippen LogP contribution in [0.4, 0.5) is 0 Å². The van der Waals surface area contributed by atoms with Crippen molar-refractivity contribution < 1.29 is 14.3 Å². The molecule has 1 unspecified atom stereocenters. The van der Waals surface area contributed by atoms with Crippen molar-refractivity contribution in [3.8, 4) is 5.75 Å². The van der Waals surface area contributed by atoms with Crippen LogP contribution in [0, 0.1) is 0 Å². The average molecular weight is 370 g/mol. The van der Waals surface area contributed by atoms with Gasteiger partial charge in [-0.05, 0) is 37.8 Å². The van der Waals surface area contributed by atoms with Gasteiger partial charge in [0.15, 0.2) is 0 Å². The Morgan fingerprint density at radius 2 is 2.04 bits per heavy atom. The van der Waals surface area contributed by atoms with Gasteiger partial charge in [0.1, 0.15) is 17.5 Å². The Bertz CT molecular complexity index is 811. The fraction of sp³-hybridized carbons (Fsp3) is 0.600. The number of nitrogens with zero attached hydrogens (tertiary/aromatic N) is 3. The Labute approximate surface area is 158 Å². The highest BCUT2D eigenvalue weighted by atomic mass is 16.5. The van der Waals surface area contributed by atoms with Gasteiger partial charge in [-0.3, -0.25) is 4.79 Å². The molecule has 0 radical (unpaired) electrons. The predicted molar refractivity (Wildman–Crippen MR) is 101 cm³/mol. The van der Waals surface area contributed by atoms with Gasteiger partial charge in [0.05, 0.1) is 25.5 Å². The topological polar surface area (TPSA) is 70.7 Å². The van der Waals surface area contributed by atoms with E-state index in [-0.39, 0.29) is 12.1 Å². The van der Waals surface area contributed by atoms with Gasteiger partial charge in [-0.1, -0.05) is 0 Å². The minimum absolute atomic E-state index is 0.0819. The number of morpholine rings is 1. The molecule has 144 valence electrons. The van der Waals surface area contributed by atoms with Crippen LogP contribution in [0.25, 0.3) is 11.0 Å². The van der Waals surface area contributed by atoms with Crippen LogP contribution in [-0.2, 0) is 9.53 Å². The summed E-state index contributed by atoms with van der Waals surface area (Å²) in [6, 6.07) is 4.86. The number of H-pyrrole nitrogens is 1. The highest BCUT2D eigenvalue weighted by molar-refractivity contribution is 5.78. The molecule has 1 aliphatic carbocycles. The summed E-state index contributed by atoms with van der Waals surface area (Å²) >= 11 is 0. The molecule has 5 rings (SSSR count). The van der Waals surface area contributed by atoms with Gasteiger partial charge in [-0.15, -0.1) is 0 Å². The highest BCUT2D eigenvalue weighted by Gasteiger charge is 2.32. The molecule has 3 fully saturated rings. The average Bonchev–Trinajstić information content (AvgIpc) is 3.47. The van der Waals surface area contributed by atoms with Crippen LogP contribution >= 0.6 is 0 Å². The molecule has 7 nitrogen and oxygen atoms in total. The molecule has 27 heavy (non-hydrogen) atoms. The molecule has 1 saturated carbocycles. The first-order valence-electron chi connectivity index (χ1n) is 9.98. The molecule has 1 amide bonds. The van der Waals surface area contributed by atoms with E-state index in [1.54, 1.807) is 11.1 Å².